The summed E-state index contributed by atoms with van der Waals surface area (Å²) in [4.78, 5) is 20.2. The summed E-state index contributed by atoms with van der Waals surface area (Å²) >= 11 is 0. The van der Waals surface area contributed by atoms with E-state index in [0.29, 0.717) is 5.82 Å². The van der Waals surface area contributed by atoms with Crippen LogP contribution in [0.2, 0.25) is 0 Å². The van der Waals surface area contributed by atoms with Crippen LogP contribution >= 0.6 is 0 Å². The molecule has 0 spiro atoms. The van der Waals surface area contributed by atoms with E-state index in [1.165, 1.54) is 13.4 Å². The first kappa shape index (κ1) is 16.2. The number of aromatic nitrogens is 2. The largest absolute Gasteiger partial charge is 0.467 e. The Bertz CT molecular complexity index is 449. The van der Waals surface area contributed by atoms with E-state index in [0.717, 1.165) is 24.3 Å². The van der Waals surface area contributed by atoms with Crippen LogP contribution in [0.1, 0.15) is 32.8 Å². The van der Waals surface area contributed by atoms with Gasteiger partial charge in [0.1, 0.15) is 24.0 Å². The zero-order valence-electron chi connectivity index (χ0n) is 12.9. The Morgan fingerprint density at radius 3 is 2.55 bits per heavy atom. The van der Waals surface area contributed by atoms with E-state index >= 15 is 0 Å². The maximum absolute atomic E-state index is 11.8. The van der Waals surface area contributed by atoms with Gasteiger partial charge in [-0.05, 0) is 19.3 Å². The van der Waals surface area contributed by atoms with Crippen molar-refractivity contribution in [1.29, 1.82) is 0 Å². The van der Waals surface area contributed by atoms with Crippen LogP contribution in [0, 0.1) is 12.8 Å². The average molecular weight is 280 g/mol. The fourth-order valence-corrected chi connectivity index (χ4v) is 1.79. The Hall–Kier alpha value is -1.85. The molecule has 0 aliphatic rings. The second-order valence-electron chi connectivity index (χ2n) is 5.01. The molecule has 1 aromatic heterocycles. The van der Waals surface area contributed by atoms with E-state index in [1.54, 1.807) is 0 Å². The van der Waals surface area contributed by atoms with Crippen molar-refractivity contribution in [3.63, 3.8) is 0 Å². The molecule has 0 amide bonds. The molecule has 0 aliphatic carbocycles. The third kappa shape index (κ3) is 4.08. The number of carbonyl (C=O) groups excluding carboxylic acids is 1. The van der Waals surface area contributed by atoms with Gasteiger partial charge in [0, 0.05) is 12.1 Å². The lowest BCUT2D eigenvalue weighted by atomic mass is 10.0. The monoisotopic (exact) mass is 280 g/mol. The summed E-state index contributed by atoms with van der Waals surface area (Å²) in [6, 6.07) is -0.423. The lowest BCUT2D eigenvalue weighted by Gasteiger charge is -2.21. The maximum Gasteiger partial charge on any atom is 0.328 e. The first-order chi connectivity index (χ1) is 9.51. The van der Waals surface area contributed by atoms with E-state index in [4.69, 9.17) is 4.74 Å². The number of esters is 1. The molecular weight excluding hydrogens is 256 g/mol. The molecule has 6 heteroatoms. The molecule has 1 atom stereocenters. The van der Waals surface area contributed by atoms with Crippen molar-refractivity contribution in [2.24, 2.45) is 5.92 Å². The van der Waals surface area contributed by atoms with Gasteiger partial charge in [-0.15, -0.1) is 0 Å². The van der Waals surface area contributed by atoms with E-state index < -0.39 is 6.04 Å². The van der Waals surface area contributed by atoms with Crippen LogP contribution in [-0.2, 0) is 9.53 Å². The summed E-state index contributed by atoms with van der Waals surface area (Å²) in [5.74, 6) is 1.25. The molecule has 0 aromatic carbocycles. The second kappa shape index (κ2) is 7.67. The molecular formula is C14H24N4O2. The van der Waals surface area contributed by atoms with Crippen LogP contribution in [0.4, 0.5) is 11.6 Å². The maximum atomic E-state index is 11.8. The Balaban J connectivity index is 2.92. The third-order valence-electron chi connectivity index (χ3n) is 3.04. The van der Waals surface area contributed by atoms with Gasteiger partial charge in [-0.3, -0.25) is 0 Å². The average Bonchev–Trinajstić information content (AvgIpc) is 2.43. The number of ether oxygens (including phenoxy) is 1. The molecule has 0 saturated heterocycles. The Labute approximate surface area is 120 Å². The summed E-state index contributed by atoms with van der Waals surface area (Å²) in [5.41, 5.74) is 0.899. The molecule has 0 saturated carbocycles. The molecule has 1 unspecified atom stereocenters. The predicted octanol–water partition coefficient (Wildman–Crippen LogP) is 2.22. The molecule has 6 nitrogen and oxygen atoms in total. The first-order valence-corrected chi connectivity index (χ1v) is 6.91. The van der Waals surface area contributed by atoms with Gasteiger partial charge in [0.25, 0.3) is 0 Å². The van der Waals surface area contributed by atoms with Crippen molar-refractivity contribution in [3.05, 3.63) is 11.9 Å². The smallest absolute Gasteiger partial charge is 0.328 e. The molecule has 112 valence electrons. The number of rotatable bonds is 7. The molecule has 0 bridgehead atoms. The highest BCUT2D eigenvalue weighted by Gasteiger charge is 2.24. The predicted molar refractivity (Wildman–Crippen MR) is 79.8 cm³/mol. The van der Waals surface area contributed by atoms with E-state index in [9.17, 15) is 4.79 Å². The number of nitrogens with one attached hydrogen (secondary N) is 2. The number of hydrogen-bond donors (Lipinski definition) is 2. The summed E-state index contributed by atoms with van der Waals surface area (Å²) in [5, 5.41) is 6.39. The second-order valence-corrected chi connectivity index (χ2v) is 5.01. The topological polar surface area (TPSA) is 76.1 Å². The number of nitrogens with zero attached hydrogens (tertiary/aromatic N) is 2. The van der Waals surface area contributed by atoms with Crippen LogP contribution in [0.3, 0.4) is 0 Å². The van der Waals surface area contributed by atoms with Gasteiger partial charge in [-0.1, -0.05) is 20.8 Å². The minimum Gasteiger partial charge on any atom is -0.467 e. The van der Waals surface area contributed by atoms with Crippen LogP contribution in [-0.4, -0.2) is 35.6 Å². The van der Waals surface area contributed by atoms with Gasteiger partial charge in [0.2, 0.25) is 0 Å². The van der Waals surface area contributed by atoms with Gasteiger partial charge < -0.3 is 15.4 Å². The Morgan fingerprint density at radius 1 is 1.35 bits per heavy atom. The van der Waals surface area contributed by atoms with Crippen molar-refractivity contribution in [2.75, 3.05) is 24.3 Å². The SMILES string of the molecule is CCCNc1ncnc(NC(C(=O)OC)C(C)C)c1C. The zero-order valence-corrected chi connectivity index (χ0v) is 12.9. The van der Waals surface area contributed by atoms with E-state index in [-0.39, 0.29) is 11.9 Å². The highest BCUT2D eigenvalue weighted by Crippen LogP contribution is 2.20. The zero-order chi connectivity index (χ0) is 15.1. The van der Waals surface area contributed by atoms with E-state index in [1.807, 2.05) is 20.8 Å². The van der Waals surface area contributed by atoms with Crippen molar-refractivity contribution in [1.82, 2.24) is 9.97 Å². The number of carbonyl (C=O) groups is 1. The normalized spacial score (nSPS) is 12.1. The van der Waals surface area contributed by atoms with Gasteiger partial charge in [-0.25, -0.2) is 14.8 Å². The lowest BCUT2D eigenvalue weighted by Crippen LogP contribution is -2.36. The fraction of sp³-hybridized carbons (Fsp3) is 0.643. The Kier molecular flexibility index (Phi) is 6.21. The van der Waals surface area contributed by atoms with Crippen LogP contribution < -0.4 is 10.6 Å². The summed E-state index contributed by atoms with van der Waals surface area (Å²) < 4.78 is 4.82. The molecule has 1 rings (SSSR count). The van der Waals surface area contributed by atoms with E-state index in [2.05, 4.69) is 27.5 Å². The van der Waals surface area contributed by atoms with Crippen molar-refractivity contribution < 1.29 is 9.53 Å². The standard InChI is InChI=1S/C14H24N4O2/c1-6-7-15-12-10(4)13(17-8-16-12)18-11(9(2)3)14(19)20-5/h8-9,11H,6-7H2,1-5H3,(H2,15,16,17,18). The molecule has 1 aromatic rings. The number of anilines is 2. The van der Waals surface area contributed by atoms with Crippen LogP contribution in [0.25, 0.3) is 0 Å². The summed E-state index contributed by atoms with van der Waals surface area (Å²) in [7, 11) is 1.39. The van der Waals surface area contributed by atoms with Gasteiger partial charge in [0.15, 0.2) is 0 Å². The quantitative estimate of drug-likeness (QED) is 0.746. The Morgan fingerprint density at radius 2 is 2.00 bits per heavy atom. The third-order valence-corrected chi connectivity index (χ3v) is 3.04. The molecule has 2 N–H and O–H groups in total. The molecule has 0 fully saturated rings. The molecule has 0 aliphatic heterocycles. The summed E-state index contributed by atoms with van der Waals surface area (Å²) in [6.45, 7) is 8.79. The number of hydrogen-bond acceptors (Lipinski definition) is 6. The fourth-order valence-electron chi connectivity index (χ4n) is 1.79. The minimum atomic E-state index is -0.423. The van der Waals surface area contributed by atoms with Gasteiger partial charge in [-0.2, -0.15) is 0 Å². The first-order valence-electron chi connectivity index (χ1n) is 6.91. The molecule has 20 heavy (non-hydrogen) atoms. The highest BCUT2D eigenvalue weighted by molar-refractivity contribution is 5.79. The van der Waals surface area contributed by atoms with Crippen LogP contribution in [0.15, 0.2) is 6.33 Å². The van der Waals surface area contributed by atoms with Crippen molar-refractivity contribution >= 4 is 17.6 Å². The van der Waals surface area contributed by atoms with Crippen molar-refractivity contribution in [3.8, 4) is 0 Å². The minimum absolute atomic E-state index is 0.101. The summed E-state index contributed by atoms with van der Waals surface area (Å²) in [6.07, 6.45) is 2.50. The van der Waals surface area contributed by atoms with Gasteiger partial charge >= 0.3 is 5.97 Å². The lowest BCUT2D eigenvalue weighted by molar-refractivity contribution is -0.142. The van der Waals surface area contributed by atoms with Crippen molar-refractivity contribution in [2.45, 2.75) is 40.2 Å². The van der Waals surface area contributed by atoms with Crippen LogP contribution in [0.5, 0.6) is 0 Å². The van der Waals surface area contributed by atoms with Gasteiger partial charge in [0.05, 0.1) is 7.11 Å². The highest BCUT2D eigenvalue weighted by atomic mass is 16.5. The molecule has 1 heterocycles. The molecule has 0 radical (unpaired) electrons. The number of methoxy groups -OCH3 is 1.